The van der Waals surface area contributed by atoms with Gasteiger partial charge in [-0.1, -0.05) is 11.6 Å². The van der Waals surface area contributed by atoms with Crippen LogP contribution in [0.15, 0.2) is 12.1 Å². The van der Waals surface area contributed by atoms with Crippen LogP contribution in [0.25, 0.3) is 0 Å². The maximum atomic E-state index is 11.0. The van der Waals surface area contributed by atoms with Gasteiger partial charge in [0.25, 0.3) is 0 Å². The van der Waals surface area contributed by atoms with Crippen LogP contribution >= 0.6 is 11.6 Å². The van der Waals surface area contributed by atoms with Crippen LogP contribution < -0.4 is 9.47 Å². The van der Waals surface area contributed by atoms with Crippen LogP contribution in [-0.2, 0) is 10.2 Å². The lowest BCUT2D eigenvalue weighted by Crippen LogP contribution is -2.13. The summed E-state index contributed by atoms with van der Waals surface area (Å²) in [7, 11) is 0. The zero-order valence-corrected chi connectivity index (χ0v) is 11.2. The number of carboxylic acids is 1. The Morgan fingerprint density at radius 1 is 1.32 bits per heavy atom. The molecule has 1 aliphatic carbocycles. The Balaban J connectivity index is 1.98. The van der Waals surface area contributed by atoms with E-state index in [4.69, 9.17) is 26.2 Å². The molecule has 4 nitrogen and oxygen atoms in total. The van der Waals surface area contributed by atoms with Crippen LogP contribution in [0.1, 0.15) is 31.2 Å². The molecule has 0 bridgehead atoms. The van der Waals surface area contributed by atoms with Gasteiger partial charge >= 0.3 is 5.97 Å². The molecule has 2 aliphatic rings. The second kappa shape index (κ2) is 4.60. The van der Waals surface area contributed by atoms with E-state index in [1.54, 1.807) is 0 Å². The molecular formula is C14H15ClO4. The molecule has 1 aliphatic heterocycles. The first-order valence-electron chi connectivity index (χ1n) is 6.42. The Morgan fingerprint density at radius 2 is 2.05 bits per heavy atom. The first kappa shape index (κ1) is 12.6. The average Bonchev–Trinajstić information content (AvgIpc) is 3.12. The Labute approximate surface area is 116 Å². The number of hydrogen-bond donors (Lipinski definition) is 1. The van der Waals surface area contributed by atoms with Crippen molar-refractivity contribution in [2.75, 3.05) is 13.2 Å². The highest BCUT2D eigenvalue weighted by atomic mass is 35.5. The van der Waals surface area contributed by atoms with Crippen LogP contribution in [0.4, 0.5) is 0 Å². The van der Waals surface area contributed by atoms with Gasteiger partial charge in [-0.15, -0.1) is 0 Å². The Bertz CT molecular complexity index is 522. The molecule has 5 heteroatoms. The van der Waals surface area contributed by atoms with E-state index in [9.17, 15) is 4.79 Å². The van der Waals surface area contributed by atoms with Gasteiger partial charge in [0.2, 0.25) is 0 Å². The average molecular weight is 283 g/mol. The van der Waals surface area contributed by atoms with Gasteiger partial charge in [0.1, 0.15) is 0 Å². The second-order valence-corrected chi connectivity index (χ2v) is 5.59. The molecule has 0 aromatic heterocycles. The summed E-state index contributed by atoms with van der Waals surface area (Å²) in [5.74, 6) is 0.437. The monoisotopic (exact) mass is 282 g/mol. The second-order valence-electron chi connectivity index (χ2n) is 5.19. The topological polar surface area (TPSA) is 55.8 Å². The van der Waals surface area contributed by atoms with Gasteiger partial charge < -0.3 is 14.6 Å². The predicted molar refractivity (Wildman–Crippen MR) is 70.2 cm³/mol. The summed E-state index contributed by atoms with van der Waals surface area (Å²) in [4.78, 5) is 11.0. The fraction of sp³-hybridized carbons (Fsp3) is 0.500. The van der Waals surface area contributed by atoms with E-state index in [1.165, 1.54) is 0 Å². The standard InChI is InChI=1S/C14H15ClO4/c15-10-6-9(14(2-3-14)8-12(16)17)7-11-13(10)19-5-1-4-18-11/h6-7H,1-5,8H2,(H,16,17). The minimum Gasteiger partial charge on any atom is -0.489 e. The molecule has 1 heterocycles. The molecule has 1 aromatic rings. The number of ether oxygens (including phenoxy) is 2. The lowest BCUT2D eigenvalue weighted by molar-refractivity contribution is -0.137. The van der Waals surface area contributed by atoms with Crippen LogP contribution in [0, 0.1) is 0 Å². The quantitative estimate of drug-likeness (QED) is 0.926. The molecule has 0 radical (unpaired) electrons. The van der Waals surface area contributed by atoms with Gasteiger partial charge in [0.05, 0.1) is 24.7 Å². The van der Waals surface area contributed by atoms with E-state index >= 15 is 0 Å². The Kier molecular flexibility index (Phi) is 3.05. The zero-order chi connectivity index (χ0) is 13.5. The SMILES string of the molecule is O=C(O)CC1(c2cc(Cl)c3c(c2)OCCCO3)CC1. The van der Waals surface area contributed by atoms with Crippen LogP contribution in [0.5, 0.6) is 11.5 Å². The molecule has 1 saturated carbocycles. The summed E-state index contributed by atoms with van der Waals surface area (Å²) >= 11 is 6.24. The van der Waals surface area contributed by atoms with Gasteiger partial charge in [-0.05, 0) is 30.5 Å². The molecule has 3 rings (SSSR count). The van der Waals surface area contributed by atoms with E-state index in [2.05, 4.69) is 0 Å². The number of benzene rings is 1. The van der Waals surface area contributed by atoms with Crippen molar-refractivity contribution in [1.29, 1.82) is 0 Å². The molecule has 0 atom stereocenters. The third-order valence-electron chi connectivity index (χ3n) is 3.76. The maximum absolute atomic E-state index is 11.0. The first-order valence-corrected chi connectivity index (χ1v) is 6.80. The summed E-state index contributed by atoms with van der Waals surface area (Å²) in [6.07, 6.45) is 2.73. The van der Waals surface area contributed by atoms with E-state index in [0.717, 1.165) is 24.8 Å². The van der Waals surface area contributed by atoms with E-state index < -0.39 is 5.97 Å². The van der Waals surface area contributed by atoms with Crippen molar-refractivity contribution in [2.45, 2.75) is 31.1 Å². The third-order valence-corrected chi connectivity index (χ3v) is 4.04. The van der Waals surface area contributed by atoms with Crippen LogP contribution in [0.2, 0.25) is 5.02 Å². The van der Waals surface area contributed by atoms with Crippen LogP contribution in [-0.4, -0.2) is 24.3 Å². The molecule has 0 spiro atoms. The summed E-state index contributed by atoms with van der Waals surface area (Å²) in [5, 5.41) is 9.52. The molecule has 1 aromatic carbocycles. The van der Waals surface area contributed by atoms with Crippen molar-refractivity contribution in [1.82, 2.24) is 0 Å². The van der Waals surface area contributed by atoms with Crippen molar-refractivity contribution in [2.24, 2.45) is 0 Å². The fourth-order valence-electron chi connectivity index (χ4n) is 2.54. The van der Waals surface area contributed by atoms with Gasteiger partial charge in [-0.25, -0.2) is 0 Å². The maximum Gasteiger partial charge on any atom is 0.304 e. The zero-order valence-electron chi connectivity index (χ0n) is 10.4. The molecule has 0 unspecified atom stereocenters. The lowest BCUT2D eigenvalue weighted by atomic mass is 9.92. The van der Waals surface area contributed by atoms with E-state index in [-0.39, 0.29) is 11.8 Å². The van der Waals surface area contributed by atoms with Crippen molar-refractivity contribution >= 4 is 17.6 Å². The smallest absolute Gasteiger partial charge is 0.304 e. The number of carboxylic acid groups (broad SMARTS) is 1. The van der Waals surface area contributed by atoms with Gasteiger partial charge in [-0.3, -0.25) is 4.79 Å². The highest BCUT2D eigenvalue weighted by Gasteiger charge is 2.46. The Morgan fingerprint density at radius 3 is 2.74 bits per heavy atom. The fourth-order valence-corrected chi connectivity index (χ4v) is 2.81. The summed E-state index contributed by atoms with van der Waals surface area (Å²) in [6, 6.07) is 3.72. The summed E-state index contributed by atoms with van der Waals surface area (Å²) in [5.41, 5.74) is 0.685. The first-order chi connectivity index (χ1) is 9.11. The minimum atomic E-state index is -0.777. The highest BCUT2D eigenvalue weighted by molar-refractivity contribution is 6.32. The van der Waals surface area contributed by atoms with Gasteiger partial charge in [-0.2, -0.15) is 0 Å². The molecule has 1 fully saturated rings. The van der Waals surface area contributed by atoms with Crippen LogP contribution in [0.3, 0.4) is 0 Å². The summed E-state index contributed by atoms with van der Waals surface area (Å²) in [6.45, 7) is 1.19. The van der Waals surface area contributed by atoms with E-state index in [1.807, 2.05) is 12.1 Å². The van der Waals surface area contributed by atoms with Crippen molar-refractivity contribution in [3.63, 3.8) is 0 Å². The number of fused-ring (bicyclic) bond motifs is 1. The van der Waals surface area contributed by atoms with E-state index in [0.29, 0.717) is 29.7 Å². The number of halogens is 1. The van der Waals surface area contributed by atoms with Crippen molar-refractivity contribution in [3.05, 3.63) is 22.7 Å². The summed E-state index contributed by atoms with van der Waals surface area (Å²) < 4.78 is 11.2. The number of rotatable bonds is 3. The number of carbonyl (C=O) groups is 1. The number of aliphatic carboxylic acids is 1. The minimum absolute atomic E-state index is 0.142. The van der Waals surface area contributed by atoms with Gasteiger partial charge in [0.15, 0.2) is 11.5 Å². The molecule has 0 saturated heterocycles. The highest BCUT2D eigenvalue weighted by Crippen LogP contribution is 2.53. The largest absolute Gasteiger partial charge is 0.489 e. The molecule has 0 amide bonds. The van der Waals surface area contributed by atoms with Crippen molar-refractivity contribution < 1.29 is 19.4 Å². The lowest BCUT2D eigenvalue weighted by Gasteiger charge is -2.17. The number of hydrogen-bond acceptors (Lipinski definition) is 3. The predicted octanol–water partition coefficient (Wildman–Crippen LogP) is 3.01. The van der Waals surface area contributed by atoms with Crippen molar-refractivity contribution in [3.8, 4) is 11.5 Å². The molecule has 102 valence electrons. The Hall–Kier alpha value is -1.42. The molecule has 19 heavy (non-hydrogen) atoms. The normalized spacial score (nSPS) is 19.6. The molecular weight excluding hydrogens is 268 g/mol. The third kappa shape index (κ3) is 2.37. The molecule has 1 N–H and O–H groups in total. The van der Waals surface area contributed by atoms with Gasteiger partial charge in [0, 0.05) is 11.8 Å².